The van der Waals surface area contributed by atoms with Crippen LogP contribution in [0.2, 0.25) is 0 Å². The third-order valence-electron chi connectivity index (χ3n) is 3.09. The summed E-state index contributed by atoms with van der Waals surface area (Å²) in [5, 5.41) is 4.40. The first-order valence-corrected chi connectivity index (χ1v) is 6.06. The van der Waals surface area contributed by atoms with Crippen molar-refractivity contribution in [3.05, 3.63) is 23.5 Å². The quantitative estimate of drug-likeness (QED) is 0.782. The molecule has 1 aliphatic heterocycles. The van der Waals surface area contributed by atoms with Gasteiger partial charge in [-0.25, -0.2) is 0 Å². The van der Waals surface area contributed by atoms with E-state index in [2.05, 4.69) is 36.6 Å². The molecule has 0 saturated heterocycles. The van der Waals surface area contributed by atoms with Crippen molar-refractivity contribution in [1.29, 1.82) is 0 Å². The molecule has 0 spiro atoms. The van der Waals surface area contributed by atoms with E-state index in [4.69, 9.17) is 4.74 Å². The van der Waals surface area contributed by atoms with Gasteiger partial charge in [0.2, 0.25) is 0 Å². The zero-order chi connectivity index (χ0) is 11.5. The summed E-state index contributed by atoms with van der Waals surface area (Å²) in [7, 11) is 0. The fraction of sp³-hybridized carbons (Fsp3) is 0.615. The van der Waals surface area contributed by atoms with Gasteiger partial charge in [0.05, 0.1) is 18.9 Å². The lowest BCUT2D eigenvalue weighted by Crippen LogP contribution is -2.14. The molecule has 0 aliphatic carbocycles. The van der Waals surface area contributed by atoms with Gasteiger partial charge in [-0.05, 0) is 43.9 Å². The molecule has 0 fully saturated rings. The lowest BCUT2D eigenvalue weighted by molar-refractivity contribution is 0.151. The van der Waals surface area contributed by atoms with Gasteiger partial charge < -0.3 is 4.74 Å². The molecule has 0 radical (unpaired) electrons. The number of hydrogen-bond acceptors (Lipinski definition) is 2. The summed E-state index contributed by atoms with van der Waals surface area (Å²) in [5.74, 6) is 0. The average molecular weight is 220 g/mol. The topological polar surface area (TPSA) is 27.1 Å². The fourth-order valence-corrected chi connectivity index (χ4v) is 2.22. The van der Waals surface area contributed by atoms with E-state index < -0.39 is 0 Å². The Balaban J connectivity index is 2.41. The Labute approximate surface area is 97.1 Å². The number of ether oxygens (including phenoxy) is 1. The smallest absolute Gasteiger partial charge is 0.0683 e. The minimum absolute atomic E-state index is 0.415. The monoisotopic (exact) mass is 220 g/mol. The number of aromatic nitrogens is 2. The highest BCUT2D eigenvalue weighted by molar-refractivity contribution is 5.67. The molecule has 88 valence electrons. The SMILES string of the molecule is CCC1=C(c2ccnn2C(C)C)CCOC1. The van der Waals surface area contributed by atoms with Crippen LogP contribution in [0.15, 0.2) is 17.8 Å². The van der Waals surface area contributed by atoms with E-state index in [9.17, 15) is 0 Å². The second kappa shape index (κ2) is 4.83. The Bertz CT molecular complexity index is 390. The Morgan fingerprint density at radius 1 is 1.50 bits per heavy atom. The molecule has 0 amide bonds. The van der Waals surface area contributed by atoms with Crippen molar-refractivity contribution >= 4 is 5.57 Å². The van der Waals surface area contributed by atoms with Crippen LogP contribution in [0.1, 0.15) is 45.3 Å². The van der Waals surface area contributed by atoms with Crippen molar-refractivity contribution in [2.24, 2.45) is 0 Å². The molecule has 2 heterocycles. The maximum absolute atomic E-state index is 5.51. The average Bonchev–Trinajstić information content (AvgIpc) is 2.77. The maximum atomic E-state index is 5.51. The number of nitrogens with zero attached hydrogens (tertiary/aromatic N) is 2. The van der Waals surface area contributed by atoms with Gasteiger partial charge in [0.25, 0.3) is 0 Å². The van der Waals surface area contributed by atoms with E-state index in [1.54, 1.807) is 0 Å². The standard InChI is InChI=1S/C13H20N2O/c1-4-11-9-16-8-6-12(11)13-5-7-14-15(13)10(2)3/h5,7,10H,4,6,8-9H2,1-3H3. The number of rotatable bonds is 3. The largest absolute Gasteiger partial charge is 0.377 e. The van der Waals surface area contributed by atoms with E-state index in [0.717, 1.165) is 26.1 Å². The van der Waals surface area contributed by atoms with Crippen molar-refractivity contribution in [1.82, 2.24) is 9.78 Å². The highest BCUT2D eigenvalue weighted by Crippen LogP contribution is 2.28. The van der Waals surface area contributed by atoms with Crippen LogP contribution in [0.5, 0.6) is 0 Å². The fourth-order valence-electron chi connectivity index (χ4n) is 2.22. The van der Waals surface area contributed by atoms with Gasteiger partial charge in [-0.1, -0.05) is 6.92 Å². The van der Waals surface area contributed by atoms with Crippen LogP contribution in [0, 0.1) is 0 Å². The van der Waals surface area contributed by atoms with E-state index in [1.165, 1.54) is 16.8 Å². The summed E-state index contributed by atoms with van der Waals surface area (Å²) in [4.78, 5) is 0. The second-order valence-electron chi connectivity index (χ2n) is 4.49. The molecule has 1 aromatic rings. The first kappa shape index (κ1) is 11.4. The van der Waals surface area contributed by atoms with Crippen LogP contribution >= 0.6 is 0 Å². The van der Waals surface area contributed by atoms with Gasteiger partial charge in [0.15, 0.2) is 0 Å². The Morgan fingerprint density at radius 3 is 3.00 bits per heavy atom. The normalized spacial score (nSPS) is 17.2. The molecule has 0 N–H and O–H groups in total. The van der Waals surface area contributed by atoms with E-state index >= 15 is 0 Å². The zero-order valence-electron chi connectivity index (χ0n) is 10.4. The zero-order valence-corrected chi connectivity index (χ0v) is 10.4. The molecule has 0 aromatic carbocycles. The molecule has 1 aliphatic rings. The molecule has 2 rings (SSSR count). The molecule has 0 saturated carbocycles. The van der Waals surface area contributed by atoms with Crippen LogP contribution in [0.4, 0.5) is 0 Å². The van der Waals surface area contributed by atoms with Crippen LogP contribution in [-0.2, 0) is 4.74 Å². The van der Waals surface area contributed by atoms with Crippen molar-refractivity contribution in [2.75, 3.05) is 13.2 Å². The summed E-state index contributed by atoms with van der Waals surface area (Å²) in [6.07, 6.45) is 3.98. The Kier molecular flexibility index (Phi) is 3.44. The van der Waals surface area contributed by atoms with Crippen molar-refractivity contribution in [3.8, 4) is 0 Å². The molecule has 0 atom stereocenters. The first-order chi connectivity index (χ1) is 7.74. The summed E-state index contributed by atoms with van der Waals surface area (Å²) >= 11 is 0. The highest BCUT2D eigenvalue weighted by Gasteiger charge is 2.17. The maximum Gasteiger partial charge on any atom is 0.0683 e. The third-order valence-corrected chi connectivity index (χ3v) is 3.09. The molecule has 1 aromatic heterocycles. The Morgan fingerprint density at radius 2 is 2.31 bits per heavy atom. The van der Waals surface area contributed by atoms with Gasteiger partial charge in [-0.2, -0.15) is 5.10 Å². The summed E-state index contributed by atoms with van der Waals surface area (Å²) < 4.78 is 7.62. The number of hydrogen-bond donors (Lipinski definition) is 0. The molecule has 3 heteroatoms. The van der Waals surface area contributed by atoms with Crippen LogP contribution in [-0.4, -0.2) is 23.0 Å². The Hall–Kier alpha value is -1.09. The molecule has 3 nitrogen and oxygen atoms in total. The molecule has 16 heavy (non-hydrogen) atoms. The van der Waals surface area contributed by atoms with Gasteiger partial charge in [0.1, 0.15) is 0 Å². The predicted octanol–water partition coefficient (Wildman–Crippen LogP) is 3.05. The van der Waals surface area contributed by atoms with Gasteiger partial charge in [0, 0.05) is 12.2 Å². The van der Waals surface area contributed by atoms with E-state index in [1.807, 2.05) is 6.20 Å². The predicted molar refractivity (Wildman–Crippen MR) is 65.3 cm³/mol. The highest BCUT2D eigenvalue weighted by atomic mass is 16.5. The molecular weight excluding hydrogens is 200 g/mol. The lowest BCUT2D eigenvalue weighted by Gasteiger charge is -2.22. The van der Waals surface area contributed by atoms with Gasteiger partial charge in [-0.15, -0.1) is 0 Å². The minimum Gasteiger partial charge on any atom is -0.377 e. The third kappa shape index (κ3) is 2.05. The van der Waals surface area contributed by atoms with Crippen molar-refractivity contribution < 1.29 is 4.74 Å². The summed E-state index contributed by atoms with van der Waals surface area (Å²) in [6.45, 7) is 8.15. The van der Waals surface area contributed by atoms with Crippen LogP contribution in [0.3, 0.4) is 0 Å². The second-order valence-corrected chi connectivity index (χ2v) is 4.49. The van der Waals surface area contributed by atoms with E-state index in [-0.39, 0.29) is 0 Å². The molecule has 0 bridgehead atoms. The van der Waals surface area contributed by atoms with Gasteiger partial charge in [-0.3, -0.25) is 4.68 Å². The first-order valence-electron chi connectivity index (χ1n) is 6.06. The van der Waals surface area contributed by atoms with Crippen molar-refractivity contribution in [2.45, 2.75) is 39.7 Å². The van der Waals surface area contributed by atoms with Gasteiger partial charge >= 0.3 is 0 Å². The van der Waals surface area contributed by atoms with Crippen LogP contribution < -0.4 is 0 Å². The van der Waals surface area contributed by atoms with Crippen LogP contribution in [0.25, 0.3) is 5.57 Å². The van der Waals surface area contributed by atoms with E-state index in [0.29, 0.717) is 6.04 Å². The molecule has 0 unspecified atom stereocenters. The minimum atomic E-state index is 0.415. The lowest BCUT2D eigenvalue weighted by atomic mass is 9.98. The van der Waals surface area contributed by atoms with Crippen molar-refractivity contribution in [3.63, 3.8) is 0 Å². The summed E-state index contributed by atoms with van der Waals surface area (Å²) in [6, 6.07) is 2.54. The molecular formula is C13H20N2O. The summed E-state index contributed by atoms with van der Waals surface area (Å²) in [5.41, 5.74) is 4.14.